The van der Waals surface area contributed by atoms with E-state index in [9.17, 15) is 4.79 Å². The number of likely N-dealkylation sites (N-methyl/N-ethyl adjacent to an activating group) is 1. The molecule has 2 nitrogen and oxygen atoms in total. The number of hydrogen-bond acceptors (Lipinski definition) is 2. The van der Waals surface area contributed by atoms with Crippen LogP contribution in [0.1, 0.15) is 35.1 Å². The normalized spacial score (nSPS) is 26.0. The van der Waals surface area contributed by atoms with Gasteiger partial charge in [-0.15, -0.1) is 0 Å². The van der Waals surface area contributed by atoms with E-state index < -0.39 is 0 Å². The first kappa shape index (κ1) is 17.0. The summed E-state index contributed by atoms with van der Waals surface area (Å²) >= 11 is 0. The third-order valence-electron chi connectivity index (χ3n) is 5.80. The van der Waals surface area contributed by atoms with E-state index in [1.165, 1.54) is 11.1 Å². The van der Waals surface area contributed by atoms with Crippen LogP contribution in [0.3, 0.4) is 0 Å². The lowest BCUT2D eigenvalue weighted by molar-refractivity contribution is -0.114. The van der Waals surface area contributed by atoms with Crippen LogP contribution < -0.4 is 0 Å². The number of carbonyl (C=O) groups excluding carboxylic acids is 1. The lowest BCUT2D eigenvalue weighted by Gasteiger charge is -2.34. The van der Waals surface area contributed by atoms with Gasteiger partial charge in [0, 0.05) is 23.2 Å². The summed E-state index contributed by atoms with van der Waals surface area (Å²) < 4.78 is 0. The van der Waals surface area contributed by atoms with Crippen LogP contribution >= 0.6 is 0 Å². The largest absolute Gasteiger partial charge is 0.292 e. The van der Waals surface area contributed by atoms with E-state index in [2.05, 4.69) is 74.3 Å². The smallest absolute Gasteiger partial charge is 0.188 e. The van der Waals surface area contributed by atoms with Gasteiger partial charge in [-0.2, -0.15) is 0 Å². The van der Waals surface area contributed by atoms with Crippen molar-refractivity contribution in [2.45, 2.75) is 38.8 Å². The van der Waals surface area contributed by atoms with Crippen LogP contribution in [-0.2, 0) is 4.79 Å². The average Bonchev–Trinajstić information content (AvgIpc) is 2.93. The molecule has 2 saturated heterocycles. The zero-order valence-electron chi connectivity index (χ0n) is 15.7. The predicted molar refractivity (Wildman–Crippen MR) is 108 cm³/mol. The summed E-state index contributed by atoms with van der Waals surface area (Å²) in [4.78, 5) is 15.8. The molecule has 0 radical (unpaired) electrons. The third-order valence-corrected chi connectivity index (χ3v) is 5.80. The van der Waals surface area contributed by atoms with Crippen LogP contribution in [-0.4, -0.2) is 29.8 Å². The Morgan fingerprint density at radius 1 is 0.923 bits per heavy atom. The van der Waals surface area contributed by atoms with Gasteiger partial charge in [-0.25, -0.2) is 0 Å². The summed E-state index contributed by atoms with van der Waals surface area (Å²) in [6.45, 7) is 4.19. The summed E-state index contributed by atoms with van der Waals surface area (Å²) in [5.41, 5.74) is 6.56. The highest BCUT2D eigenvalue weighted by Crippen LogP contribution is 2.40. The van der Waals surface area contributed by atoms with Gasteiger partial charge in [0.2, 0.25) is 0 Å². The van der Waals surface area contributed by atoms with Crippen molar-refractivity contribution in [1.29, 1.82) is 0 Å². The van der Waals surface area contributed by atoms with Crippen molar-refractivity contribution in [3.63, 3.8) is 0 Å². The molecule has 2 aromatic rings. The number of hydrogen-bond donors (Lipinski definition) is 0. The molecule has 2 aliphatic heterocycles. The zero-order valence-corrected chi connectivity index (χ0v) is 15.7. The molecule has 0 aromatic heterocycles. The first-order valence-corrected chi connectivity index (χ1v) is 9.37. The van der Waals surface area contributed by atoms with E-state index >= 15 is 0 Å². The maximum Gasteiger partial charge on any atom is 0.188 e. The summed E-state index contributed by atoms with van der Waals surface area (Å²) in [5, 5.41) is 0. The SMILES string of the molecule is Cc1cccc(C=C2C(=O)C(=Cc3ccccc3C)C3CCC2N3C)c1. The molecule has 2 heterocycles. The predicted octanol–water partition coefficient (Wildman–Crippen LogP) is 4.82. The molecule has 2 unspecified atom stereocenters. The van der Waals surface area contributed by atoms with E-state index in [0.29, 0.717) is 0 Å². The molecule has 2 bridgehead atoms. The molecule has 2 heteroatoms. The molecule has 0 N–H and O–H groups in total. The van der Waals surface area contributed by atoms with Gasteiger partial charge in [0.1, 0.15) is 0 Å². The first-order valence-electron chi connectivity index (χ1n) is 9.37. The molecule has 0 amide bonds. The molecule has 0 aliphatic carbocycles. The van der Waals surface area contributed by atoms with Gasteiger partial charge in [0.15, 0.2) is 5.78 Å². The lowest BCUT2D eigenvalue weighted by atomic mass is 9.88. The molecule has 2 aliphatic rings. The fraction of sp³-hybridized carbons (Fsp3) is 0.292. The number of rotatable bonds is 2. The Labute approximate surface area is 155 Å². The van der Waals surface area contributed by atoms with Crippen LogP contribution in [0.4, 0.5) is 0 Å². The van der Waals surface area contributed by atoms with Crippen molar-refractivity contribution in [2.75, 3.05) is 7.05 Å². The minimum absolute atomic E-state index is 0.223. The van der Waals surface area contributed by atoms with E-state index in [0.717, 1.165) is 35.1 Å². The van der Waals surface area contributed by atoms with E-state index in [4.69, 9.17) is 0 Å². The number of benzene rings is 2. The Morgan fingerprint density at radius 2 is 1.62 bits per heavy atom. The number of aryl methyl sites for hydroxylation is 2. The Hall–Kier alpha value is -2.45. The molecule has 2 aromatic carbocycles. The highest BCUT2D eigenvalue weighted by atomic mass is 16.1. The quantitative estimate of drug-likeness (QED) is 0.729. The molecule has 2 atom stereocenters. The molecular formula is C24H25NO. The molecule has 132 valence electrons. The number of ketones is 1. The maximum absolute atomic E-state index is 13.4. The Bertz CT molecular complexity index is 921. The van der Waals surface area contributed by atoms with Gasteiger partial charge < -0.3 is 0 Å². The summed E-state index contributed by atoms with van der Waals surface area (Å²) in [6.07, 6.45) is 6.32. The van der Waals surface area contributed by atoms with Crippen molar-refractivity contribution in [2.24, 2.45) is 0 Å². The summed E-state index contributed by atoms with van der Waals surface area (Å²) in [6, 6.07) is 17.1. The average molecular weight is 343 g/mol. The van der Waals surface area contributed by atoms with E-state index in [-0.39, 0.29) is 17.9 Å². The number of Topliss-reactive ketones (excluding diaryl/α,β-unsaturated/α-hetero) is 1. The summed E-state index contributed by atoms with van der Waals surface area (Å²) in [5.74, 6) is 0.223. The van der Waals surface area contributed by atoms with Gasteiger partial charge in [-0.05, 0) is 62.6 Å². The van der Waals surface area contributed by atoms with Crippen LogP contribution in [0.5, 0.6) is 0 Å². The molecule has 4 rings (SSSR count). The van der Waals surface area contributed by atoms with Gasteiger partial charge in [-0.1, -0.05) is 54.1 Å². The van der Waals surface area contributed by atoms with Crippen LogP contribution in [0.25, 0.3) is 12.2 Å². The molecule has 0 saturated carbocycles. The molecular weight excluding hydrogens is 318 g/mol. The number of nitrogens with zero attached hydrogens (tertiary/aromatic N) is 1. The lowest BCUT2D eigenvalue weighted by Crippen LogP contribution is -2.43. The van der Waals surface area contributed by atoms with Crippen molar-refractivity contribution in [1.82, 2.24) is 4.90 Å². The molecule has 2 fully saturated rings. The first-order chi connectivity index (χ1) is 12.5. The van der Waals surface area contributed by atoms with Gasteiger partial charge in [-0.3, -0.25) is 9.69 Å². The standard InChI is InChI=1S/C24H25NO/c1-16-7-6-9-18(13-16)14-20-22-11-12-23(25(22)3)21(24(20)26)15-19-10-5-4-8-17(19)2/h4-10,13-15,22-23H,11-12H2,1-3H3. The second-order valence-corrected chi connectivity index (χ2v) is 7.57. The van der Waals surface area contributed by atoms with Gasteiger partial charge in [0.05, 0.1) is 0 Å². The van der Waals surface area contributed by atoms with Gasteiger partial charge >= 0.3 is 0 Å². The fourth-order valence-electron chi connectivity index (χ4n) is 4.34. The maximum atomic E-state index is 13.4. The number of fused-ring (bicyclic) bond motifs is 2. The fourth-order valence-corrected chi connectivity index (χ4v) is 4.34. The Kier molecular flexibility index (Phi) is 4.37. The minimum atomic E-state index is 0.223. The van der Waals surface area contributed by atoms with E-state index in [1.807, 2.05) is 12.1 Å². The highest BCUT2D eigenvalue weighted by Gasteiger charge is 2.44. The van der Waals surface area contributed by atoms with Crippen LogP contribution in [0.2, 0.25) is 0 Å². The Balaban J connectivity index is 1.80. The Morgan fingerprint density at radius 3 is 2.31 bits per heavy atom. The zero-order chi connectivity index (χ0) is 18.3. The van der Waals surface area contributed by atoms with Crippen LogP contribution in [0.15, 0.2) is 59.7 Å². The monoisotopic (exact) mass is 343 g/mol. The van der Waals surface area contributed by atoms with Crippen molar-refractivity contribution >= 4 is 17.9 Å². The minimum Gasteiger partial charge on any atom is -0.292 e. The topological polar surface area (TPSA) is 20.3 Å². The summed E-state index contributed by atoms with van der Waals surface area (Å²) in [7, 11) is 2.16. The van der Waals surface area contributed by atoms with Gasteiger partial charge in [0.25, 0.3) is 0 Å². The molecule has 26 heavy (non-hydrogen) atoms. The molecule has 0 spiro atoms. The third kappa shape index (κ3) is 2.95. The number of carbonyl (C=O) groups is 1. The van der Waals surface area contributed by atoms with E-state index in [1.54, 1.807) is 0 Å². The van der Waals surface area contributed by atoms with Crippen molar-refractivity contribution in [3.05, 3.63) is 81.9 Å². The number of piperidine rings is 1. The second-order valence-electron chi connectivity index (χ2n) is 7.57. The van der Waals surface area contributed by atoms with Crippen molar-refractivity contribution in [3.8, 4) is 0 Å². The van der Waals surface area contributed by atoms with Crippen LogP contribution in [0, 0.1) is 13.8 Å². The van der Waals surface area contributed by atoms with Crippen molar-refractivity contribution < 1.29 is 4.79 Å². The second kappa shape index (κ2) is 6.69. The highest BCUT2D eigenvalue weighted by molar-refractivity contribution is 6.16.